The molecule has 2 heterocycles. The number of amides is 1. The second-order valence-corrected chi connectivity index (χ2v) is 7.46. The molecular formula is C19H25FN4O2. The number of aromatic nitrogens is 2. The van der Waals surface area contributed by atoms with Gasteiger partial charge in [0.15, 0.2) is 17.3 Å². The van der Waals surface area contributed by atoms with Gasteiger partial charge in [-0.25, -0.2) is 4.39 Å². The largest absolute Gasteiger partial charge is 0.484 e. The van der Waals surface area contributed by atoms with Crippen LogP contribution < -0.4 is 4.74 Å². The van der Waals surface area contributed by atoms with Gasteiger partial charge in [0.2, 0.25) is 0 Å². The van der Waals surface area contributed by atoms with Crippen molar-refractivity contribution in [3.63, 3.8) is 0 Å². The lowest BCUT2D eigenvalue weighted by Gasteiger charge is -2.29. The molecule has 2 aromatic rings. The van der Waals surface area contributed by atoms with Crippen LogP contribution in [0.2, 0.25) is 0 Å². The van der Waals surface area contributed by atoms with E-state index in [1.165, 1.54) is 6.07 Å². The summed E-state index contributed by atoms with van der Waals surface area (Å²) in [6.07, 6.45) is 1.07. The van der Waals surface area contributed by atoms with Gasteiger partial charge in [-0.3, -0.25) is 9.89 Å². The molecule has 0 saturated carbocycles. The predicted octanol–water partition coefficient (Wildman–Crippen LogP) is 2.54. The number of nitrogens with zero attached hydrogens (tertiary/aromatic N) is 3. The number of carbonyl (C=O) groups excluding carboxylic acids is 1. The SMILES string of the molecule is CN1CCC(C)(CN(C)C(=O)c2cc(COc3ccccc3F)[nH]n2)C1. The van der Waals surface area contributed by atoms with Crippen LogP contribution in [0.5, 0.6) is 5.75 Å². The lowest BCUT2D eigenvalue weighted by Crippen LogP contribution is -2.38. The maximum Gasteiger partial charge on any atom is 0.274 e. The monoisotopic (exact) mass is 360 g/mol. The normalized spacial score (nSPS) is 20.3. The Balaban J connectivity index is 1.58. The van der Waals surface area contributed by atoms with Crippen LogP contribution in [0, 0.1) is 11.2 Å². The predicted molar refractivity (Wildman–Crippen MR) is 96.5 cm³/mol. The summed E-state index contributed by atoms with van der Waals surface area (Å²) >= 11 is 0. The number of benzene rings is 1. The van der Waals surface area contributed by atoms with Gasteiger partial charge in [-0.1, -0.05) is 19.1 Å². The summed E-state index contributed by atoms with van der Waals surface area (Å²) in [4.78, 5) is 16.6. The molecule has 1 N–H and O–H groups in total. The van der Waals surface area contributed by atoms with E-state index in [4.69, 9.17) is 4.74 Å². The number of nitrogens with one attached hydrogen (secondary N) is 1. The summed E-state index contributed by atoms with van der Waals surface area (Å²) < 4.78 is 19.0. The Morgan fingerprint density at radius 3 is 2.92 bits per heavy atom. The smallest absolute Gasteiger partial charge is 0.274 e. The number of H-pyrrole nitrogens is 1. The molecule has 1 fully saturated rings. The van der Waals surface area contributed by atoms with E-state index in [2.05, 4.69) is 29.1 Å². The minimum Gasteiger partial charge on any atom is -0.484 e. The van der Waals surface area contributed by atoms with Crippen LogP contribution >= 0.6 is 0 Å². The number of aromatic amines is 1. The first-order chi connectivity index (χ1) is 12.4. The van der Waals surface area contributed by atoms with Crippen LogP contribution in [0.3, 0.4) is 0 Å². The fourth-order valence-electron chi connectivity index (χ4n) is 3.50. The molecule has 0 bridgehead atoms. The molecule has 3 rings (SSSR count). The Morgan fingerprint density at radius 1 is 1.46 bits per heavy atom. The van der Waals surface area contributed by atoms with Crippen molar-refractivity contribution in [2.45, 2.75) is 20.0 Å². The third-order valence-corrected chi connectivity index (χ3v) is 4.78. The Morgan fingerprint density at radius 2 is 2.23 bits per heavy atom. The van der Waals surface area contributed by atoms with Crippen LogP contribution in [0.15, 0.2) is 30.3 Å². The lowest BCUT2D eigenvalue weighted by atomic mass is 9.89. The molecule has 1 aromatic carbocycles. The molecule has 6 nitrogen and oxygen atoms in total. The van der Waals surface area contributed by atoms with Crippen LogP contribution in [0.1, 0.15) is 29.5 Å². The minimum absolute atomic E-state index is 0.103. The minimum atomic E-state index is -0.419. The van der Waals surface area contributed by atoms with Crippen molar-refractivity contribution >= 4 is 5.91 Å². The molecule has 1 unspecified atom stereocenters. The van der Waals surface area contributed by atoms with E-state index in [1.54, 1.807) is 36.2 Å². The zero-order chi connectivity index (χ0) is 18.7. The van der Waals surface area contributed by atoms with Gasteiger partial charge in [0.1, 0.15) is 6.61 Å². The van der Waals surface area contributed by atoms with Crippen molar-refractivity contribution in [1.82, 2.24) is 20.0 Å². The maximum atomic E-state index is 13.6. The fourth-order valence-corrected chi connectivity index (χ4v) is 3.50. The number of carbonyl (C=O) groups is 1. The molecule has 0 radical (unpaired) electrons. The first-order valence-electron chi connectivity index (χ1n) is 8.72. The van der Waals surface area contributed by atoms with Crippen molar-refractivity contribution < 1.29 is 13.9 Å². The average molecular weight is 360 g/mol. The molecule has 0 spiro atoms. The van der Waals surface area contributed by atoms with Crippen molar-refractivity contribution in [2.24, 2.45) is 5.41 Å². The quantitative estimate of drug-likeness (QED) is 0.860. The molecule has 1 saturated heterocycles. The third-order valence-electron chi connectivity index (χ3n) is 4.78. The fraction of sp³-hybridized carbons (Fsp3) is 0.474. The molecule has 140 valence electrons. The van der Waals surface area contributed by atoms with Gasteiger partial charge in [-0.15, -0.1) is 0 Å². The van der Waals surface area contributed by atoms with Gasteiger partial charge < -0.3 is 14.5 Å². The zero-order valence-electron chi connectivity index (χ0n) is 15.5. The Bertz CT molecular complexity index is 778. The summed E-state index contributed by atoms with van der Waals surface area (Å²) in [5.41, 5.74) is 1.07. The van der Waals surface area contributed by atoms with Gasteiger partial charge in [-0.05, 0) is 43.6 Å². The summed E-state index contributed by atoms with van der Waals surface area (Å²) in [6, 6.07) is 7.87. The van der Waals surface area contributed by atoms with Gasteiger partial charge >= 0.3 is 0 Å². The number of hydrogen-bond acceptors (Lipinski definition) is 4. The lowest BCUT2D eigenvalue weighted by molar-refractivity contribution is 0.0724. The second-order valence-electron chi connectivity index (χ2n) is 7.46. The summed E-state index contributed by atoms with van der Waals surface area (Å²) in [7, 11) is 3.90. The molecular weight excluding hydrogens is 335 g/mol. The highest BCUT2D eigenvalue weighted by molar-refractivity contribution is 5.92. The Labute approximate surface area is 152 Å². The Hall–Kier alpha value is -2.41. The van der Waals surface area contributed by atoms with Crippen LogP contribution in [-0.4, -0.2) is 59.6 Å². The molecule has 1 amide bonds. The molecule has 0 aliphatic carbocycles. The first-order valence-corrected chi connectivity index (χ1v) is 8.72. The molecule has 26 heavy (non-hydrogen) atoms. The van der Waals surface area contributed by atoms with E-state index in [0.717, 1.165) is 19.5 Å². The molecule has 1 atom stereocenters. The van der Waals surface area contributed by atoms with Gasteiger partial charge in [0.25, 0.3) is 5.91 Å². The number of likely N-dealkylation sites (tertiary alicyclic amines) is 1. The van der Waals surface area contributed by atoms with E-state index in [9.17, 15) is 9.18 Å². The Kier molecular flexibility index (Phi) is 5.27. The third kappa shape index (κ3) is 4.22. The zero-order valence-corrected chi connectivity index (χ0v) is 15.5. The highest BCUT2D eigenvalue weighted by Gasteiger charge is 2.34. The van der Waals surface area contributed by atoms with Crippen molar-refractivity contribution in [2.75, 3.05) is 33.7 Å². The second kappa shape index (κ2) is 7.45. The molecule has 1 aromatic heterocycles. The molecule has 7 heteroatoms. The van der Waals surface area contributed by atoms with Gasteiger partial charge in [0, 0.05) is 20.1 Å². The molecule has 1 aliphatic heterocycles. The van der Waals surface area contributed by atoms with E-state index in [1.807, 2.05) is 0 Å². The van der Waals surface area contributed by atoms with Crippen molar-refractivity contribution in [3.05, 3.63) is 47.5 Å². The van der Waals surface area contributed by atoms with Crippen molar-refractivity contribution in [1.29, 1.82) is 0 Å². The van der Waals surface area contributed by atoms with Crippen LogP contribution in [-0.2, 0) is 6.61 Å². The van der Waals surface area contributed by atoms with E-state index < -0.39 is 5.82 Å². The average Bonchev–Trinajstić information content (AvgIpc) is 3.20. The van der Waals surface area contributed by atoms with Crippen LogP contribution in [0.25, 0.3) is 0 Å². The highest BCUT2D eigenvalue weighted by Crippen LogP contribution is 2.29. The van der Waals surface area contributed by atoms with E-state index in [-0.39, 0.29) is 23.7 Å². The summed E-state index contributed by atoms with van der Waals surface area (Å²) in [6.45, 7) is 5.04. The number of rotatable bonds is 6. The number of ether oxygens (including phenoxy) is 1. The number of para-hydroxylation sites is 1. The summed E-state index contributed by atoms with van der Waals surface area (Å²) in [5, 5.41) is 6.87. The molecule has 1 aliphatic rings. The number of hydrogen-bond donors (Lipinski definition) is 1. The van der Waals surface area contributed by atoms with Gasteiger partial charge in [0.05, 0.1) is 5.69 Å². The highest BCUT2D eigenvalue weighted by atomic mass is 19.1. The maximum absolute atomic E-state index is 13.6. The summed E-state index contributed by atoms with van der Waals surface area (Å²) in [5.74, 6) is -0.377. The standard InChI is InChI=1S/C19H25FN4O2/c1-19(8-9-23(2)12-19)13-24(3)18(25)16-10-14(21-22-16)11-26-17-7-5-4-6-15(17)20/h4-7,10H,8-9,11-13H2,1-3H3,(H,21,22). The van der Waals surface area contributed by atoms with Crippen molar-refractivity contribution in [3.8, 4) is 5.75 Å². The first kappa shape index (κ1) is 18.4. The van der Waals surface area contributed by atoms with Crippen LogP contribution in [0.4, 0.5) is 4.39 Å². The van der Waals surface area contributed by atoms with E-state index in [0.29, 0.717) is 17.9 Å². The van der Waals surface area contributed by atoms with Gasteiger partial charge in [-0.2, -0.15) is 5.10 Å². The topological polar surface area (TPSA) is 61.5 Å². The van der Waals surface area contributed by atoms with E-state index >= 15 is 0 Å². The number of halogens is 1.